The van der Waals surface area contributed by atoms with Crippen LogP contribution in [-0.4, -0.2) is 36.7 Å². The third-order valence-electron chi connectivity index (χ3n) is 3.35. The number of aliphatic hydroxyl groups is 1. The third kappa shape index (κ3) is 4.16. The van der Waals surface area contributed by atoms with Gasteiger partial charge in [0.1, 0.15) is 0 Å². The van der Waals surface area contributed by atoms with Crippen LogP contribution in [-0.2, 0) is 10.0 Å². The van der Waals surface area contributed by atoms with Gasteiger partial charge in [-0.05, 0) is 38.0 Å². The first-order valence-corrected chi connectivity index (χ1v) is 7.91. The molecule has 1 aromatic carbocycles. The zero-order chi connectivity index (χ0) is 16.3. The Morgan fingerprint density at radius 3 is 2.52 bits per heavy atom. The lowest BCUT2D eigenvalue weighted by Gasteiger charge is -2.28. The standard InChI is InChI=1S/C13H20N2O5S/c1-3-13(2,6-7-16)15-21(19,20)11-5-4-9(14)8-10(11)12(17)18/h4-5,8,15-16H,3,6-7,14H2,1-2H3,(H,17,18). The largest absolute Gasteiger partial charge is 0.478 e. The first kappa shape index (κ1) is 17.4. The van der Waals surface area contributed by atoms with Crippen molar-refractivity contribution in [2.24, 2.45) is 0 Å². The number of nitrogens with two attached hydrogens (primary N) is 1. The number of nitrogens with one attached hydrogen (secondary N) is 1. The number of nitrogen functional groups attached to an aromatic ring is 1. The van der Waals surface area contributed by atoms with Crippen molar-refractivity contribution in [1.82, 2.24) is 4.72 Å². The summed E-state index contributed by atoms with van der Waals surface area (Å²) >= 11 is 0. The summed E-state index contributed by atoms with van der Waals surface area (Å²) < 4.78 is 27.3. The summed E-state index contributed by atoms with van der Waals surface area (Å²) in [5, 5.41) is 18.2. The summed E-state index contributed by atoms with van der Waals surface area (Å²) in [5.74, 6) is -1.37. The van der Waals surface area contributed by atoms with Gasteiger partial charge in [-0.15, -0.1) is 0 Å². The van der Waals surface area contributed by atoms with Crippen molar-refractivity contribution in [2.75, 3.05) is 12.3 Å². The van der Waals surface area contributed by atoms with Gasteiger partial charge < -0.3 is 15.9 Å². The predicted octanol–water partition coefficient (Wildman–Crippen LogP) is 0.796. The fraction of sp³-hybridized carbons (Fsp3) is 0.462. The van der Waals surface area contributed by atoms with Gasteiger partial charge in [-0.3, -0.25) is 0 Å². The molecule has 0 aliphatic rings. The summed E-state index contributed by atoms with van der Waals surface area (Å²) in [6.07, 6.45) is 0.671. The van der Waals surface area contributed by atoms with Gasteiger partial charge in [0.15, 0.2) is 0 Å². The van der Waals surface area contributed by atoms with E-state index >= 15 is 0 Å². The lowest BCUT2D eigenvalue weighted by atomic mass is 9.97. The van der Waals surface area contributed by atoms with Gasteiger partial charge in [-0.25, -0.2) is 17.9 Å². The predicted molar refractivity (Wildman–Crippen MR) is 78.5 cm³/mol. The zero-order valence-corrected chi connectivity index (χ0v) is 12.8. The summed E-state index contributed by atoms with van der Waals surface area (Å²) in [7, 11) is -4.04. The molecule has 5 N–H and O–H groups in total. The second kappa shape index (κ2) is 6.42. The number of hydrogen-bond acceptors (Lipinski definition) is 5. The maximum Gasteiger partial charge on any atom is 0.337 e. The number of benzene rings is 1. The molecule has 0 aromatic heterocycles. The van der Waals surface area contributed by atoms with Gasteiger partial charge in [0.2, 0.25) is 10.0 Å². The Morgan fingerprint density at radius 1 is 1.43 bits per heavy atom. The molecule has 1 unspecified atom stereocenters. The summed E-state index contributed by atoms with van der Waals surface area (Å²) in [6, 6.07) is 3.60. The molecule has 0 fully saturated rings. The van der Waals surface area contributed by atoms with E-state index < -0.39 is 21.5 Å². The van der Waals surface area contributed by atoms with Crippen LogP contribution in [0.2, 0.25) is 0 Å². The van der Waals surface area contributed by atoms with Crippen molar-refractivity contribution < 1.29 is 23.4 Å². The molecule has 0 radical (unpaired) electrons. The second-order valence-electron chi connectivity index (χ2n) is 5.05. The Hall–Kier alpha value is -1.64. The van der Waals surface area contributed by atoms with Crippen molar-refractivity contribution in [3.05, 3.63) is 23.8 Å². The molecule has 0 bridgehead atoms. The Balaban J connectivity index is 3.29. The van der Waals surface area contributed by atoms with Crippen LogP contribution in [0, 0.1) is 0 Å². The van der Waals surface area contributed by atoms with Crippen molar-refractivity contribution in [3.63, 3.8) is 0 Å². The molecule has 0 saturated carbocycles. The van der Waals surface area contributed by atoms with Crippen molar-refractivity contribution in [2.45, 2.75) is 37.1 Å². The van der Waals surface area contributed by atoms with E-state index in [1.807, 2.05) is 0 Å². The first-order chi connectivity index (χ1) is 9.65. The maximum absolute atomic E-state index is 12.4. The highest BCUT2D eigenvalue weighted by Gasteiger charge is 2.31. The highest BCUT2D eigenvalue weighted by atomic mass is 32.2. The topological polar surface area (TPSA) is 130 Å². The van der Waals surface area contributed by atoms with Crippen LogP contribution in [0.15, 0.2) is 23.1 Å². The van der Waals surface area contributed by atoms with Crippen molar-refractivity contribution in [3.8, 4) is 0 Å². The molecule has 118 valence electrons. The van der Waals surface area contributed by atoms with Gasteiger partial charge in [-0.2, -0.15) is 0 Å². The number of rotatable bonds is 7. The second-order valence-corrected chi connectivity index (χ2v) is 6.70. The van der Waals surface area contributed by atoms with Crippen molar-refractivity contribution in [1.29, 1.82) is 0 Å². The Bertz CT molecular complexity index is 629. The number of sulfonamides is 1. The average molecular weight is 316 g/mol. The minimum absolute atomic E-state index is 0.167. The smallest absolute Gasteiger partial charge is 0.337 e. The number of aromatic carboxylic acids is 1. The van der Waals surface area contributed by atoms with E-state index in [4.69, 9.17) is 15.9 Å². The van der Waals surface area contributed by atoms with Crippen LogP contribution >= 0.6 is 0 Å². The van der Waals surface area contributed by atoms with E-state index in [9.17, 15) is 13.2 Å². The fourth-order valence-corrected chi connectivity index (χ4v) is 3.56. The molecule has 1 aromatic rings. The lowest BCUT2D eigenvalue weighted by molar-refractivity contribution is 0.0692. The van der Waals surface area contributed by atoms with Crippen LogP contribution in [0.5, 0.6) is 0 Å². The molecule has 8 heteroatoms. The molecule has 0 saturated heterocycles. The lowest BCUT2D eigenvalue weighted by Crippen LogP contribution is -2.46. The Morgan fingerprint density at radius 2 is 2.05 bits per heavy atom. The van der Waals surface area contributed by atoms with Crippen molar-refractivity contribution >= 4 is 21.7 Å². The molecule has 7 nitrogen and oxygen atoms in total. The molecule has 0 amide bonds. The van der Waals surface area contributed by atoms with Gasteiger partial charge in [0.25, 0.3) is 0 Å². The number of carboxylic acid groups (broad SMARTS) is 1. The molecular weight excluding hydrogens is 296 g/mol. The highest BCUT2D eigenvalue weighted by molar-refractivity contribution is 7.89. The summed E-state index contributed by atoms with van der Waals surface area (Å²) in [5.41, 5.74) is 4.42. The van der Waals surface area contributed by atoms with E-state index in [0.717, 1.165) is 12.1 Å². The van der Waals surface area contributed by atoms with Gasteiger partial charge >= 0.3 is 5.97 Å². The minimum atomic E-state index is -4.04. The normalized spacial score (nSPS) is 14.6. The third-order valence-corrected chi connectivity index (χ3v) is 5.04. The number of anilines is 1. The minimum Gasteiger partial charge on any atom is -0.478 e. The fourth-order valence-electron chi connectivity index (χ4n) is 1.88. The Labute approximate surface area is 123 Å². The molecule has 0 aliphatic carbocycles. The quantitative estimate of drug-likeness (QED) is 0.550. The van der Waals surface area contributed by atoms with E-state index in [1.54, 1.807) is 13.8 Å². The summed E-state index contributed by atoms with van der Waals surface area (Å²) in [4.78, 5) is 10.8. The number of carboxylic acids is 1. The van der Waals surface area contributed by atoms with Gasteiger partial charge in [-0.1, -0.05) is 6.92 Å². The highest BCUT2D eigenvalue weighted by Crippen LogP contribution is 2.23. The molecule has 21 heavy (non-hydrogen) atoms. The Kier molecular flexibility index (Phi) is 5.32. The maximum atomic E-state index is 12.4. The molecule has 0 spiro atoms. The van der Waals surface area contributed by atoms with E-state index in [2.05, 4.69) is 4.72 Å². The molecule has 1 rings (SSSR count). The molecular formula is C13H20N2O5S. The zero-order valence-electron chi connectivity index (χ0n) is 12.0. The number of aliphatic hydroxyl groups excluding tert-OH is 1. The van der Waals surface area contributed by atoms with E-state index in [1.165, 1.54) is 6.07 Å². The van der Waals surface area contributed by atoms with Gasteiger partial charge in [0, 0.05) is 17.8 Å². The molecule has 0 heterocycles. The monoisotopic (exact) mass is 316 g/mol. The molecule has 0 aliphatic heterocycles. The summed E-state index contributed by atoms with van der Waals surface area (Å²) in [6.45, 7) is 3.25. The van der Waals surface area contributed by atoms with Crippen LogP contribution in [0.4, 0.5) is 5.69 Å². The van der Waals surface area contributed by atoms with E-state index in [-0.39, 0.29) is 29.2 Å². The number of hydrogen-bond donors (Lipinski definition) is 4. The van der Waals surface area contributed by atoms with Crippen LogP contribution in [0.1, 0.15) is 37.0 Å². The number of carbonyl (C=O) groups is 1. The van der Waals surface area contributed by atoms with Crippen LogP contribution in [0.3, 0.4) is 0 Å². The average Bonchev–Trinajstić information content (AvgIpc) is 2.37. The molecule has 1 atom stereocenters. The van der Waals surface area contributed by atoms with Crippen LogP contribution in [0.25, 0.3) is 0 Å². The van der Waals surface area contributed by atoms with Gasteiger partial charge in [0.05, 0.1) is 10.5 Å². The SMILES string of the molecule is CCC(C)(CCO)NS(=O)(=O)c1ccc(N)cc1C(=O)O. The first-order valence-electron chi connectivity index (χ1n) is 6.43. The van der Waals surface area contributed by atoms with E-state index in [0.29, 0.717) is 6.42 Å². The van der Waals surface area contributed by atoms with Crippen LogP contribution < -0.4 is 10.5 Å².